The first-order chi connectivity index (χ1) is 19.5. The number of nitrogens with zero attached hydrogens (tertiary/aromatic N) is 1. The molecule has 41 heavy (non-hydrogen) atoms. The third-order valence-corrected chi connectivity index (χ3v) is 11.0. The summed E-state index contributed by atoms with van der Waals surface area (Å²) >= 11 is 0. The van der Waals surface area contributed by atoms with E-state index >= 15 is 0 Å². The lowest BCUT2D eigenvalue weighted by Crippen LogP contribution is -2.51. The number of rotatable bonds is 8. The summed E-state index contributed by atoms with van der Waals surface area (Å²) in [6.45, 7) is 6.31. The van der Waals surface area contributed by atoms with Crippen molar-refractivity contribution in [2.45, 2.75) is 84.6 Å². The molecule has 3 fully saturated rings. The van der Waals surface area contributed by atoms with E-state index in [4.69, 9.17) is 9.57 Å². The number of methoxy groups -OCH3 is 1. The molecule has 1 aromatic carbocycles. The predicted octanol–water partition coefficient (Wildman–Crippen LogP) is 5.13. The lowest BCUT2D eigenvalue weighted by molar-refractivity contribution is -0.145. The van der Waals surface area contributed by atoms with E-state index in [0.29, 0.717) is 23.5 Å². The highest BCUT2D eigenvalue weighted by Gasteiger charge is 2.59. The second-order valence-corrected chi connectivity index (χ2v) is 13.2. The number of phenols is 1. The number of carbonyl (C=O) groups is 3. The van der Waals surface area contributed by atoms with Crippen LogP contribution in [0.15, 0.2) is 41.1 Å². The maximum atomic E-state index is 12.6. The number of ketones is 1. The molecule has 0 bridgehead atoms. The first kappa shape index (κ1) is 29.3. The quantitative estimate of drug-likeness (QED) is 0.334. The van der Waals surface area contributed by atoms with Crippen molar-refractivity contribution < 1.29 is 29.1 Å². The van der Waals surface area contributed by atoms with Crippen molar-refractivity contribution in [3.63, 3.8) is 0 Å². The molecule has 0 unspecified atom stereocenters. The van der Waals surface area contributed by atoms with Crippen LogP contribution in [-0.2, 0) is 30.4 Å². The molecule has 0 spiro atoms. The minimum atomic E-state index is -0.871. The molecule has 5 rings (SSSR count). The van der Waals surface area contributed by atoms with Crippen LogP contribution in [0.3, 0.4) is 0 Å². The normalized spacial score (nSPS) is 34.0. The molecule has 4 aliphatic rings. The largest absolute Gasteiger partial charge is 0.508 e. The summed E-state index contributed by atoms with van der Waals surface area (Å²) in [4.78, 5) is 42.7. The summed E-state index contributed by atoms with van der Waals surface area (Å²) in [6.07, 6.45) is 11.0. The molecule has 4 aliphatic carbocycles. The smallest absolute Gasteiger partial charge is 0.328 e. The van der Waals surface area contributed by atoms with Crippen LogP contribution in [0.5, 0.6) is 5.75 Å². The van der Waals surface area contributed by atoms with Gasteiger partial charge in [-0.15, -0.1) is 0 Å². The SMILES string of the molecule is COC(=O)[C@H](Cc1ccc(O)cc1)NC(=O)CON=C1C=C2CC[C@@H]3[C@@H]4CC[C@H](C(C)=O)[C@@]4(C)CC[C@@H]3[C@@]2(C)CC1. The molecule has 3 saturated carbocycles. The number of aromatic hydroxyl groups is 1. The van der Waals surface area contributed by atoms with Gasteiger partial charge in [0.15, 0.2) is 6.61 Å². The molecule has 1 amide bonds. The first-order valence-electron chi connectivity index (χ1n) is 15.1. The molecule has 8 heteroatoms. The van der Waals surface area contributed by atoms with Gasteiger partial charge in [0, 0.05) is 12.3 Å². The molecular weight excluding hydrogens is 520 g/mol. The third-order valence-electron chi connectivity index (χ3n) is 11.0. The number of amides is 1. The zero-order valence-electron chi connectivity index (χ0n) is 24.8. The average Bonchev–Trinajstić information content (AvgIpc) is 3.31. The molecular formula is C33H44N2O6. The Hall–Kier alpha value is -3.16. The van der Waals surface area contributed by atoms with Crippen molar-refractivity contribution >= 4 is 23.4 Å². The van der Waals surface area contributed by atoms with E-state index < -0.39 is 17.9 Å². The Morgan fingerprint density at radius 2 is 1.80 bits per heavy atom. The van der Waals surface area contributed by atoms with Gasteiger partial charge in [-0.25, -0.2) is 4.79 Å². The van der Waals surface area contributed by atoms with Gasteiger partial charge in [-0.2, -0.15) is 0 Å². The number of phenolic OH excluding ortho intramolecular Hbond substituents is 1. The van der Waals surface area contributed by atoms with Crippen molar-refractivity contribution in [3.8, 4) is 5.75 Å². The van der Waals surface area contributed by atoms with Gasteiger partial charge in [0.1, 0.15) is 17.6 Å². The highest BCUT2D eigenvalue weighted by atomic mass is 16.6. The Balaban J connectivity index is 1.19. The summed E-state index contributed by atoms with van der Waals surface area (Å²) < 4.78 is 4.86. The van der Waals surface area contributed by atoms with E-state index in [-0.39, 0.29) is 35.5 Å². The summed E-state index contributed by atoms with van der Waals surface area (Å²) in [5, 5.41) is 16.5. The minimum absolute atomic E-state index is 0.129. The van der Waals surface area contributed by atoms with Crippen molar-refractivity contribution in [2.24, 2.45) is 39.7 Å². The fourth-order valence-corrected chi connectivity index (χ4v) is 8.92. The van der Waals surface area contributed by atoms with Gasteiger partial charge in [-0.1, -0.05) is 36.7 Å². The average molecular weight is 565 g/mol. The van der Waals surface area contributed by atoms with Crippen LogP contribution < -0.4 is 5.32 Å². The topological polar surface area (TPSA) is 114 Å². The molecule has 0 radical (unpaired) electrons. The Kier molecular flexibility index (Phi) is 8.31. The summed E-state index contributed by atoms with van der Waals surface area (Å²) in [7, 11) is 1.28. The number of fused-ring (bicyclic) bond motifs is 5. The standard InChI is InChI=1S/C33H44N2O6/c1-20(36)26-11-12-27-25-10-7-22-18-23(13-15-32(22,2)28(25)14-16-33(26,27)3)35-41-19-30(38)34-29(31(39)40-4)17-21-5-8-24(37)9-6-21/h5-6,8-9,18,25-29,37H,7,10-17,19H2,1-4H3,(H,34,38)/t25-,26-,27+,28+,29+,32+,33-/m1/s1. The molecule has 2 N–H and O–H groups in total. The molecule has 7 atom stereocenters. The number of Topliss-reactive ketones (excluding diaryl/α,β-unsaturated/α-hetero) is 1. The predicted molar refractivity (Wildman–Crippen MR) is 155 cm³/mol. The number of hydrogen-bond donors (Lipinski definition) is 2. The van der Waals surface area contributed by atoms with Gasteiger partial charge in [0.25, 0.3) is 5.91 Å². The second kappa shape index (κ2) is 11.6. The van der Waals surface area contributed by atoms with Crippen LogP contribution in [0.1, 0.15) is 77.7 Å². The van der Waals surface area contributed by atoms with Gasteiger partial charge >= 0.3 is 5.97 Å². The van der Waals surface area contributed by atoms with Gasteiger partial charge in [-0.05, 0) is 111 Å². The Bertz CT molecular complexity index is 1240. The van der Waals surface area contributed by atoms with Gasteiger partial charge in [0.2, 0.25) is 0 Å². The number of benzene rings is 1. The fourth-order valence-electron chi connectivity index (χ4n) is 8.92. The van der Waals surface area contributed by atoms with Crippen LogP contribution in [0.25, 0.3) is 0 Å². The maximum absolute atomic E-state index is 12.6. The molecule has 0 saturated heterocycles. The van der Waals surface area contributed by atoms with Gasteiger partial charge in [0.05, 0.1) is 12.8 Å². The number of esters is 1. The van der Waals surface area contributed by atoms with Crippen molar-refractivity contribution in [1.29, 1.82) is 0 Å². The number of hydrogen-bond acceptors (Lipinski definition) is 7. The Morgan fingerprint density at radius 1 is 1.05 bits per heavy atom. The molecule has 0 heterocycles. The van der Waals surface area contributed by atoms with Crippen LogP contribution in [0.4, 0.5) is 0 Å². The molecule has 8 nitrogen and oxygen atoms in total. The second-order valence-electron chi connectivity index (χ2n) is 13.2. The van der Waals surface area contributed by atoms with Crippen molar-refractivity contribution in [3.05, 3.63) is 41.5 Å². The molecule has 222 valence electrons. The fraction of sp³-hybridized carbons (Fsp3) is 0.636. The summed E-state index contributed by atoms with van der Waals surface area (Å²) in [5.74, 6) is 1.70. The lowest BCUT2D eigenvalue weighted by atomic mass is 9.46. The monoisotopic (exact) mass is 564 g/mol. The Labute approximate surface area is 242 Å². The highest BCUT2D eigenvalue weighted by molar-refractivity contribution is 5.96. The van der Waals surface area contributed by atoms with E-state index in [1.807, 2.05) is 0 Å². The number of nitrogens with one attached hydrogen (secondary N) is 1. The number of carbonyl (C=O) groups excluding carboxylic acids is 3. The van der Waals surface area contributed by atoms with Gasteiger partial charge in [-0.3, -0.25) is 9.59 Å². The van der Waals surface area contributed by atoms with Crippen LogP contribution in [0.2, 0.25) is 0 Å². The zero-order chi connectivity index (χ0) is 29.4. The highest BCUT2D eigenvalue weighted by Crippen LogP contribution is 2.66. The minimum Gasteiger partial charge on any atom is -0.508 e. The maximum Gasteiger partial charge on any atom is 0.328 e. The van der Waals surface area contributed by atoms with Gasteiger partial charge < -0.3 is 20.0 Å². The van der Waals surface area contributed by atoms with E-state index in [9.17, 15) is 19.5 Å². The first-order valence-corrected chi connectivity index (χ1v) is 15.1. The van der Waals surface area contributed by atoms with Crippen LogP contribution in [0, 0.1) is 34.5 Å². The number of allylic oxidation sites excluding steroid dienone is 2. The van der Waals surface area contributed by atoms with Crippen molar-refractivity contribution in [2.75, 3.05) is 13.7 Å². The van der Waals surface area contributed by atoms with Crippen LogP contribution in [-0.4, -0.2) is 48.2 Å². The summed E-state index contributed by atoms with van der Waals surface area (Å²) in [6, 6.07) is 5.58. The zero-order valence-corrected chi connectivity index (χ0v) is 24.8. The van der Waals surface area contributed by atoms with Crippen molar-refractivity contribution in [1.82, 2.24) is 5.32 Å². The van der Waals surface area contributed by atoms with E-state index in [0.717, 1.165) is 43.4 Å². The number of oxime groups is 1. The summed E-state index contributed by atoms with van der Waals surface area (Å²) in [5.41, 5.74) is 3.39. The van der Waals surface area contributed by atoms with E-state index in [1.54, 1.807) is 19.1 Å². The van der Waals surface area contributed by atoms with E-state index in [2.05, 4.69) is 30.4 Å². The number of ether oxygens (including phenoxy) is 1. The van der Waals surface area contributed by atoms with Crippen LogP contribution >= 0.6 is 0 Å². The van der Waals surface area contributed by atoms with E-state index in [1.165, 1.54) is 44.1 Å². The Morgan fingerprint density at radius 3 is 2.51 bits per heavy atom. The molecule has 0 aliphatic heterocycles. The molecule has 1 aromatic rings. The third kappa shape index (κ3) is 5.67. The molecule has 0 aromatic heterocycles. The lowest BCUT2D eigenvalue weighted by Gasteiger charge is -2.58.